The molecule has 2 aromatic rings. The number of aryl methyl sites for hydroxylation is 1. The summed E-state index contributed by atoms with van der Waals surface area (Å²) in [6.07, 6.45) is 0.854. The number of hydrogen-bond acceptors (Lipinski definition) is 4. The molecule has 0 atom stereocenters. The smallest absolute Gasteiger partial charge is 0.133 e. The molecule has 1 N–H and O–H groups in total. The van der Waals surface area contributed by atoms with Crippen molar-refractivity contribution in [1.29, 1.82) is 0 Å². The van der Waals surface area contributed by atoms with Crippen LogP contribution in [0.25, 0.3) is 10.6 Å². The molecule has 0 unspecified atom stereocenters. The molecule has 0 bridgehead atoms. The Bertz CT molecular complexity index is 477. The summed E-state index contributed by atoms with van der Waals surface area (Å²) in [7, 11) is 1.90. The maximum atomic E-state index is 4.60. The van der Waals surface area contributed by atoms with E-state index in [2.05, 4.69) is 40.6 Å². The Morgan fingerprint density at radius 2 is 2.19 bits per heavy atom. The van der Waals surface area contributed by atoms with Crippen molar-refractivity contribution in [3.8, 4) is 10.6 Å². The molecule has 0 fully saturated rings. The van der Waals surface area contributed by atoms with Crippen molar-refractivity contribution in [2.45, 2.75) is 20.3 Å². The first-order chi connectivity index (χ1) is 7.76. The summed E-state index contributed by atoms with van der Waals surface area (Å²) in [6, 6.07) is 4.14. The Morgan fingerprint density at radius 1 is 1.38 bits per heavy atom. The number of rotatable bonds is 3. The molecular weight excluding hydrogens is 218 g/mol. The Labute approximate surface area is 99.6 Å². The van der Waals surface area contributed by atoms with E-state index in [4.69, 9.17) is 0 Å². The molecule has 2 aromatic heterocycles. The van der Waals surface area contributed by atoms with Crippen molar-refractivity contribution in [2.75, 3.05) is 12.4 Å². The lowest BCUT2D eigenvalue weighted by atomic mass is 10.2. The number of nitrogens with one attached hydrogen (secondary N) is 1. The van der Waals surface area contributed by atoms with Gasteiger partial charge in [-0.05, 0) is 18.4 Å². The van der Waals surface area contributed by atoms with Crippen LogP contribution in [0.2, 0.25) is 0 Å². The summed E-state index contributed by atoms with van der Waals surface area (Å²) in [5, 5.41) is 5.20. The molecule has 0 radical (unpaired) electrons. The van der Waals surface area contributed by atoms with Gasteiger partial charge in [-0.1, -0.05) is 13.0 Å². The molecule has 0 aliphatic carbocycles. The van der Waals surface area contributed by atoms with Crippen molar-refractivity contribution >= 4 is 17.2 Å². The van der Waals surface area contributed by atoms with Crippen molar-refractivity contribution in [3.63, 3.8) is 0 Å². The van der Waals surface area contributed by atoms with E-state index in [1.54, 1.807) is 11.3 Å². The molecule has 0 aliphatic heterocycles. The van der Waals surface area contributed by atoms with Crippen LogP contribution in [0.15, 0.2) is 17.5 Å². The highest BCUT2D eigenvalue weighted by atomic mass is 32.1. The highest BCUT2D eigenvalue weighted by molar-refractivity contribution is 7.13. The summed E-state index contributed by atoms with van der Waals surface area (Å²) in [4.78, 5) is 10.3. The number of aromatic nitrogens is 2. The van der Waals surface area contributed by atoms with Gasteiger partial charge >= 0.3 is 0 Å². The van der Waals surface area contributed by atoms with Gasteiger partial charge in [0.2, 0.25) is 0 Å². The van der Waals surface area contributed by atoms with E-state index >= 15 is 0 Å². The van der Waals surface area contributed by atoms with Crippen molar-refractivity contribution in [3.05, 3.63) is 28.9 Å². The van der Waals surface area contributed by atoms with Gasteiger partial charge in [-0.2, -0.15) is 0 Å². The van der Waals surface area contributed by atoms with Gasteiger partial charge in [-0.3, -0.25) is 0 Å². The molecule has 2 rings (SSSR count). The average molecular weight is 233 g/mol. The SMILES string of the molecule is CCc1nc(NC)c(C)c(-c2cccs2)n1. The minimum absolute atomic E-state index is 0.854. The summed E-state index contributed by atoms with van der Waals surface area (Å²) < 4.78 is 0. The van der Waals surface area contributed by atoms with Gasteiger partial charge in [-0.25, -0.2) is 9.97 Å². The van der Waals surface area contributed by atoms with Gasteiger partial charge < -0.3 is 5.32 Å². The lowest BCUT2D eigenvalue weighted by Gasteiger charge is -2.10. The molecule has 0 aromatic carbocycles. The van der Waals surface area contributed by atoms with Crippen LogP contribution in [-0.2, 0) is 6.42 Å². The van der Waals surface area contributed by atoms with Crippen LogP contribution in [0.5, 0.6) is 0 Å². The van der Waals surface area contributed by atoms with E-state index in [0.717, 1.165) is 29.3 Å². The molecule has 0 aliphatic rings. The molecule has 3 nitrogen and oxygen atoms in total. The fourth-order valence-corrected chi connectivity index (χ4v) is 2.39. The number of anilines is 1. The van der Waals surface area contributed by atoms with E-state index < -0.39 is 0 Å². The molecule has 0 saturated carbocycles. The molecule has 0 saturated heterocycles. The first-order valence-corrected chi connectivity index (χ1v) is 6.23. The molecule has 0 spiro atoms. The standard InChI is InChI=1S/C12H15N3S/c1-4-10-14-11(9-6-5-7-16-9)8(2)12(13-3)15-10/h5-7H,4H2,1-3H3,(H,13,14,15). The predicted molar refractivity (Wildman–Crippen MR) is 69.0 cm³/mol. The van der Waals surface area contributed by atoms with Gasteiger partial charge in [0.05, 0.1) is 10.6 Å². The zero-order chi connectivity index (χ0) is 11.5. The Kier molecular flexibility index (Phi) is 3.19. The molecule has 16 heavy (non-hydrogen) atoms. The van der Waals surface area contributed by atoms with Gasteiger partial charge in [-0.15, -0.1) is 11.3 Å². The first kappa shape index (κ1) is 11.1. The fourth-order valence-electron chi connectivity index (χ4n) is 1.62. The second kappa shape index (κ2) is 4.61. The summed E-state index contributed by atoms with van der Waals surface area (Å²) in [6.45, 7) is 4.13. The third-order valence-electron chi connectivity index (χ3n) is 2.50. The third-order valence-corrected chi connectivity index (χ3v) is 3.38. The van der Waals surface area contributed by atoms with Crippen LogP contribution < -0.4 is 5.32 Å². The van der Waals surface area contributed by atoms with Gasteiger partial charge in [0.1, 0.15) is 11.6 Å². The second-order valence-corrected chi connectivity index (χ2v) is 4.49. The van der Waals surface area contributed by atoms with E-state index in [1.807, 2.05) is 13.1 Å². The number of hydrogen-bond donors (Lipinski definition) is 1. The average Bonchev–Trinajstić information content (AvgIpc) is 2.83. The van der Waals surface area contributed by atoms with E-state index in [0.29, 0.717) is 0 Å². The van der Waals surface area contributed by atoms with Gasteiger partial charge in [0.15, 0.2) is 0 Å². The second-order valence-electron chi connectivity index (χ2n) is 3.54. The largest absolute Gasteiger partial charge is 0.373 e. The zero-order valence-electron chi connectivity index (χ0n) is 9.74. The lowest BCUT2D eigenvalue weighted by Crippen LogP contribution is -2.04. The third kappa shape index (κ3) is 1.93. The van der Waals surface area contributed by atoms with Crippen LogP contribution in [0.3, 0.4) is 0 Å². The molecular formula is C12H15N3S. The van der Waals surface area contributed by atoms with Gasteiger partial charge in [0, 0.05) is 19.0 Å². The topological polar surface area (TPSA) is 37.8 Å². The van der Waals surface area contributed by atoms with Crippen LogP contribution in [-0.4, -0.2) is 17.0 Å². The van der Waals surface area contributed by atoms with Crippen molar-refractivity contribution < 1.29 is 0 Å². The van der Waals surface area contributed by atoms with Crippen LogP contribution in [0, 0.1) is 6.92 Å². The Hall–Kier alpha value is -1.42. The van der Waals surface area contributed by atoms with E-state index in [1.165, 1.54) is 4.88 Å². The first-order valence-electron chi connectivity index (χ1n) is 5.35. The predicted octanol–water partition coefficient (Wildman–Crippen LogP) is 3.12. The Morgan fingerprint density at radius 3 is 2.75 bits per heavy atom. The minimum Gasteiger partial charge on any atom is -0.373 e. The van der Waals surface area contributed by atoms with Crippen LogP contribution in [0.4, 0.5) is 5.82 Å². The maximum Gasteiger partial charge on any atom is 0.133 e. The summed E-state index contributed by atoms with van der Waals surface area (Å²) in [5.41, 5.74) is 2.16. The van der Waals surface area contributed by atoms with Crippen LogP contribution in [0.1, 0.15) is 18.3 Å². The highest BCUT2D eigenvalue weighted by Gasteiger charge is 2.11. The minimum atomic E-state index is 0.854. The number of thiophene rings is 1. The van der Waals surface area contributed by atoms with E-state index in [-0.39, 0.29) is 0 Å². The normalized spacial score (nSPS) is 10.4. The van der Waals surface area contributed by atoms with Gasteiger partial charge in [0.25, 0.3) is 0 Å². The molecule has 4 heteroatoms. The zero-order valence-corrected chi connectivity index (χ0v) is 10.6. The molecule has 0 amide bonds. The quantitative estimate of drug-likeness (QED) is 0.885. The van der Waals surface area contributed by atoms with Crippen molar-refractivity contribution in [2.24, 2.45) is 0 Å². The number of nitrogens with zero attached hydrogens (tertiary/aromatic N) is 2. The maximum absolute atomic E-state index is 4.60. The van der Waals surface area contributed by atoms with E-state index in [9.17, 15) is 0 Å². The highest BCUT2D eigenvalue weighted by Crippen LogP contribution is 2.29. The van der Waals surface area contributed by atoms with Crippen molar-refractivity contribution in [1.82, 2.24) is 9.97 Å². The Balaban J connectivity index is 2.59. The molecule has 84 valence electrons. The summed E-state index contributed by atoms with van der Waals surface area (Å²) in [5.74, 6) is 1.81. The fraction of sp³-hybridized carbons (Fsp3) is 0.333. The monoisotopic (exact) mass is 233 g/mol. The van der Waals surface area contributed by atoms with Crippen LogP contribution >= 0.6 is 11.3 Å². The lowest BCUT2D eigenvalue weighted by molar-refractivity contribution is 0.937. The molecule has 2 heterocycles. The summed E-state index contributed by atoms with van der Waals surface area (Å²) >= 11 is 1.71.